The Kier molecular flexibility index (Phi) is 6.55. The molecule has 1 aliphatic rings. The molecule has 8 heteroatoms. The molecule has 0 atom stereocenters. The summed E-state index contributed by atoms with van der Waals surface area (Å²) in [4.78, 5) is 30.3. The van der Waals surface area contributed by atoms with E-state index >= 15 is 0 Å². The number of ether oxygens (including phenoxy) is 1. The number of halogens is 1. The van der Waals surface area contributed by atoms with E-state index in [-0.39, 0.29) is 23.9 Å². The fourth-order valence-electron chi connectivity index (χ4n) is 3.08. The van der Waals surface area contributed by atoms with Crippen LogP contribution < -0.4 is 4.74 Å². The monoisotopic (exact) mass is 462 g/mol. The second-order valence-electron chi connectivity index (χ2n) is 7.18. The van der Waals surface area contributed by atoms with Gasteiger partial charge < -0.3 is 9.84 Å². The number of aromatic carboxylic acids is 1. The first-order valence-corrected chi connectivity index (χ1v) is 10.8. The molecule has 0 saturated carbocycles. The van der Waals surface area contributed by atoms with E-state index in [0.29, 0.717) is 21.5 Å². The Hall–Kier alpha value is -3.91. The molecule has 0 spiro atoms. The Balaban J connectivity index is 1.56. The average Bonchev–Trinajstić information content (AvgIpc) is 3.07. The SMILES string of the molecule is CN1C(=O)C(=Cc2ccccc2OCc2ccc(F)cc2)SC1=Nc1cccc(C(=O)O)c1. The number of aliphatic imine (C=N–C) groups is 1. The summed E-state index contributed by atoms with van der Waals surface area (Å²) in [5.74, 6) is -0.985. The topological polar surface area (TPSA) is 79.2 Å². The third-order valence-corrected chi connectivity index (χ3v) is 5.89. The lowest BCUT2D eigenvalue weighted by Crippen LogP contribution is -2.23. The summed E-state index contributed by atoms with van der Waals surface area (Å²) >= 11 is 1.20. The Labute approximate surface area is 194 Å². The van der Waals surface area contributed by atoms with Crippen molar-refractivity contribution in [2.75, 3.05) is 7.05 Å². The lowest BCUT2D eigenvalue weighted by molar-refractivity contribution is -0.121. The zero-order valence-corrected chi connectivity index (χ0v) is 18.4. The molecular weight excluding hydrogens is 443 g/mol. The molecule has 1 N–H and O–H groups in total. The summed E-state index contributed by atoms with van der Waals surface area (Å²) in [5, 5.41) is 9.61. The van der Waals surface area contributed by atoms with E-state index in [2.05, 4.69) is 4.99 Å². The van der Waals surface area contributed by atoms with E-state index in [1.807, 2.05) is 18.2 Å². The van der Waals surface area contributed by atoms with Gasteiger partial charge in [-0.25, -0.2) is 14.2 Å². The molecule has 1 amide bonds. The van der Waals surface area contributed by atoms with Crippen LogP contribution in [0.3, 0.4) is 0 Å². The van der Waals surface area contributed by atoms with Crippen molar-refractivity contribution in [2.45, 2.75) is 6.61 Å². The molecule has 1 aliphatic heterocycles. The fourth-order valence-corrected chi connectivity index (χ4v) is 4.06. The highest BCUT2D eigenvalue weighted by Gasteiger charge is 2.30. The number of nitrogens with zero attached hydrogens (tertiary/aromatic N) is 2. The maximum Gasteiger partial charge on any atom is 0.335 e. The van der Waals surface area contributed by atoms with Crippen molar-refractivity contribution < 1.29 is 23.8 Å². The van der Waals surface area contributed by atoms with Gasteiger partial charge in [0, 0.05) is 12.6 Å². The van der Waals surface area contributed by atoms with E-state index in [1.165, 1.54) is 40.9 Å². The lowest BCUT2D eigenvalue weighted by Gasteiger charge is -2.10. The minimum absolute atomic E-state index is 0.122. The summed E-state index contributed by atoms with van der Waals surface area (Å²) in [5.41, 5.74) is 2.11. The van der Waals surface area contributed by atoms with Crippen molar-refractivity contribution >= 4 is 40.6 Å². The van der Waals surface area contributed by atoms with Crippen LogP contribution in [0.1, 0.15) is 21.5 Å². The van der Waals surface area contributed by atoms with Crippen LogP contribution in [0.2, 0.25) is 0 Å². The molecule has 0 bridgehead atoms. The largest absolute Gasteiger partial charge is 0.488 e. The summed E-state index contributed by atoms with van der Waals surface area (Å²) in [6.45, 7) is 0.258. The second kappa shape index (κ2) is 9.70. The second-order valence-corrected chi connectivity index (χ2v) is 8.19. The van der Waals surface area contributed by atoms with E-state index < -0.39 is 5.97 Å². The third-order valence-electron chi connectivity index (χ3n) is 4.83. The van der Waals surface area contributed by atoms with Gasteiger partial charge in [-0.15, -0.1) is 0 Å². The molecule has 1 heterocycles. The average molecular weight is 463 g/mol. The van der Waals surface area contributed by atoms with Crippen LogP contribution in [0.15, 0.2) is 82.7 Å². The smallest absolute Gasteiger partial charge is 0.335 e. The molecule has 4 rings (SSSR count). The number of para-hydroxylation sites is 1. The molecule has 0 aliphatic carbocycles. The third kappa shape index (κ3) is 5.30. The van der Waals surface area contributed by atoms with Crippen LogP contribution in [0.4, 0.5) is 10.1 Å². The number of carbonyl (C=O) groups is 2. The molecule has 166 valence electrons. The highest BCUT2D eigenvalue weighted by molar-refractivity contribution is 8.18. The molecule has 0 unspecified atom stereocenters. The minimum Gasteiger partial charge on any atom is -0.488 e. The highest BCUT2D eigenvalue weighted by atomic mass is 32.2. The number of carboxylic acid groups (broad SMARTS) is 1. The zero-order valence-electron chi connectivity index (χ0n) is 17.6. The normalized spacial score (nSPS) is 15.9. The van der Waals surface area contributed by atoms with Crippen molar-refractivity contribution in [1.82, 2.24) is 4.90 Å². The summed E-state index contributed by atoms with van der Waals surface area (Å²) in [6, 6.07) is 19.6. The Morgan fingerprint density at radius 3 is 2.64 bits per heavy atom. The van der Waals surface area contributed by atoms with Crippen LogP contribution in [-0.4, -0.2) is 34.1 Å². The number of hydrogen-bond donors (Lipinski definition) is 1. The van der Waals surface area contributed by atoms with Crippen molar-refractivity contribution in [3.05, 3.63) is 100 Å². The van der Waals surface area contributed by atoms with Gasteiger partial charge in [0.1, 0.15) is 18.2 Å². The predicted molar refractivity (Wildman–Crippen MR) is 126 cm³/mol. The van der Waals surface area contributed by atoms with Crippen LogP contribution in [-0.2, 0) is 11.4 Å². The molecule has 1 fully saturated rings. The van der Waals surface area contributed by atoms with E-state index in [9.17, 15) is 14.0 Å². The molecule has 0 aromatic heterocycles. The van der Waals surface area contributed by atoms with Gasteiger partial charge in [0.05, 0.1) is 16.2 Å². The fraction of sp³-hybridized carbons (Fsp3) is 0.0800. The van der Waals surface area contributed by atoms with Crippen molar-refractivity contribution in [1.29, 1.82) is 0 Å². The van der Waals surface area contributed by atoms with E-state index in [4.69, 9.17) is 9.84 Å². The number of carboxylic acids is 1. The summed E-state index contributed by atoms with van der Waals surface area (Å²) in [6.07, 6.45) is 1.74. The van der Waals surface area contributed by atoms with Gasteiger partial charge in [-0.05, 0) is 59.8 Å². The standard InChI is InChI=1S/C25H19FN2O4S/c1-28-23(29)22(33-25(28)27-20-7-4-6-18(13-20)24(30)31)14-17-5-2-3-8-21(17)32-15-16-9-11-19(26)12-10-16/h2-14H,15H2,1H3,(H,30,31). The van der Waals surface area contributed by atoms with Crippen molar-refractivity contribution in [3.63, 3.8) is 0 Å². The predicted octanol–water partition coefficient (Wildman–Crippen LogP) is 5.34. The van der Waals surface area contributed by atoms with Crippen LogP contribution >= 0.6 is 11.8 Å². The van der Waals surface area contributed by atoms with Crippen LogP contribution in [0.25, 0.3) is 6.08 Å². The molecular formula is C25H19FN2O4S. The highest BCUT2D eigenvalue weighted by Crippen LogP contribution is 2.35. The quantitative estimate of drug-likeness (QED) is 0.501. The number of hydrogen-bond acceptors (Lipinski definition) is 5. The molecule has 3 aromatic carbocycles. The number of rotatable bonds is 6. The number of likely N-dealkylation sites (N-methyl/N-ethyl adjacent to an activating group) is 1. The van der Waals surface area contributed by atoms with Gasteiger partial charge in [-0.1, -0.05) is 36.4 Å². The summed E-state index contributed by atoms with van der Waals surface area (Å²) in [7, 11) is 1.62. The van der Waals surface area contributed by atoms with Gasteiger partial charge in [-0.3, -0.25) is 9.69 Å². The number of carbonyl (C=O) groups excluding carboxylic acids is 1. The molecule has 6 nitrogen and oxygen atoms in total. The number of benzene rings is 3. The summed E-state index contributed by atoms with van der Waals surface area (Å²) < 4.78 is 19.0. The minimum atomic E-state index is -1.04. The number of amidine groups is 1. The first-order chi connectivity index (χ1) is 15.9. The number of thioether (sulfide) groups is 1. The maximum atomic E-state index is 13.1. The first kappa shape index (κ1) is 22.3. The first-order valence-electron chi connectivity index (χ1n) is 9.96. The number of amides is 1. The lowest BCUT2D eigenvalue weighted by atomic mass is 10.1. The zero-order chi connectivity index (χ0) is 23.4. The van der Waals surface area contributed by atoms with Gasteiger partial charge in [0.25, 0.3) is 5.91 Å². The molecule has 3 aromatic rings. The molecule has 1 saturated heterocycles. The molecule has 0 radical (unpaired) electrons. The Morgan fingerprint density at radius 2 is 1.88 bits per heavy atom. The maximum absolute atomic E-state index is 13.1. The van der Waals surface area contributed by atoms with Gasteiger partial charge in [-0.2, -0.15) is 0 Å². The van der Waals surface area contributed by atoms with E-state index in [0.717, 1.165) is 11.1 Å². The van der Waals surface area contributed by atoms with Crippen LogP contribution in [0, 0.1) is 5.82 Å². The van der Waals surface area contributed by atoms with E-state index in [1.54, 1.807) is 43.5 Å². The van der Waals surface area contributed by atoms with Crippen molar-refractivity contribution in [2.24, 2.45) is 4.99 Å². The van der Waals surface area contributed by atoms with Crippen molar-refractivity contribution in [3.8, 4) is 5.75 Å². The van der Waals surface area contributed by atoms with Crippen LogP contribution in [0.5, 0.6) is 5.75 Å². The Bertz CT molecular complexity index is 1270. The van der Waals surface area contributed by atoms with Gasteiger partial charge in [0.15, 0.2) is 5.17 Å². The Morgan fingerprint density at radius 1 is 1.12 bits per heavy atom. The van der Waals surface area contributed by atoms with Gasteiger partial charge in [0.2, 0.25) is 0 Å². The van der Waals surface area contributed by atoms with Gasteiger partial charge >= 0.3 is 5.97 Å². The molecule has 33 heavy (non-hydrogen) atoms.